The van der Waals surface area contributed by atoms with Crippen molar-refractivity contribution in [2.75, 3.05) is 11.1 Å². The number of nitrogen functional groups attached to an aromatic ring is 1. The zero-order chi connectivity index (χ0) is 12.4. The van der Waals surface area contributed by atoms with Crippen molar-refractivity contribution in [3.8, 4) is 0 Å². The lowest BCUT2D eigenvalue weighted by Crippen LogP contribution is -2.01. The van der Waals surface area contributed by atoms with Gasteiger partial charge in [0.25, 0.3) is 0 Å². The molecule has 2 aromatic rings. The number of rotatable bonds is 2. The Hall–Kier alpha value is -1.33. The van der Waals surface area contributed by atoms with Gasteiger partial charge in [0.2, 0.25) is 5.95 Å². The molecule has 0 saturated carbocycles. The summed E-state index contributed by atoms with van der Waals surface area (Å²) in [7, 11) is 0. The Morgan fingerprint density at radius 3 is 2.94 bits per heavy atom. The van der Waals surface area contributed by atoms with Crippen molar-refractivity contribution < 1.29 is 0 Å². The molecular formula is C11H10BrClN4. The van der Waals surface area contributed by atoms with Crippen LogP contribution in [0.25, 0.3) is 0 Å². The summed E-state index contributed by atoms with van der Waals surface area (Å²) in [5, 5.41) is 3.74. The molecule has 2 rings (SSSR count). The highest BCUT2D eigenvalue weighted by atomic mass is 79.9. The van der Waals surface area contributed by atoms with Crippen molar-refractivity contribution in [1.82, 2.24) is 9.97 Å². The Bertz CT molecular complexity index is 510. The largest absolute Gasteiger partial charge is 0.368 e. The van der Waals surface area contributed by atoms with E-state index in [0.717, 1.165) is 15.7 Å². The maximum absolute atomic E-state index is 6.09. The third kappa shape index (κ3) is 2.87. The van der Waals surface area contributed by atoms with Crippen LogP contribution in [0.3, 0.4) is 0 Å². The maximum Gasteiger partial charge on any atom is 0.222 e. The predicted molar refractivity (Wildman–Crippen MR) is 73.6 cm³/mol. The van der Waals surface area contributed by atoms with Crippen molar-refractivity contribution in [2.24, 2.45) is 0 Å². The Balaban J connectivity index is 2.37. The monoisotopic (exact) mass is 312 g/mol. The molecule has 3 N–H and O–H groups in total. The molecule has 1 aromatic carbocycles. The van der Waals surface area contributed by atoms with E-state index in [-0.39, 0.29) is 5.95 Å². The van der Waals surface area contributed by atoms with E-state index in [2.05, 4.69) is 31.2 Å². The fourth-order valence-corrected chi connectivity index (χ4v) is 1.79. The molecule has 17 heavy (non-hydrogen) atoms. The number of aromatic nitrogens is 2. The second kappa shape index (κ2) is 4.89. The quantitative estimate of drug-likeness (QED) is 0.890. The van der Waals surface area contributed by atoms with Gasteiger partial charge >= 0.3 is 0 Å². The van der Waals surface area contributed by atoms with Crippen molar-refractivity contribution in [2.45, 2.75) is 6.92 Å². The van der Waals surface area contributed by atoms with Gasteiger partial charge in [-0.25, -0.2) is 4.98 Å². The van der Waals surface area contributed by atoms with Gasteiger partial charge in [0.15, 0.2) is 0 Å². The van der Waals surface area contributed by atoms with Gasteiger partial charge in [-0.2, -0.15) is 4.98 Å². The van der Waals surface area contributed by atoms with Crippen LogP contribution in [-0.2, 0) is 0 Å². The molecule has 6 heteroatoms. The first-order valence-electron chi connectivity index (χ1n) is 4.87. The SMILES string of the molecule is Cc1ccc(Cl)c(Nc2nc(N)ncc2Br)c1. The summed E-state index contributed by atoms with van der Waals surface area (Å²) in [6, 6.07) is 5.71. The lowest BCUT2D eigenvalue weighted by atomic mass is 10.2. The van der Waals surface area contributed by atoms with Crippen LogP contribution in [0, 0.1) is 6.92 Å². The second-order valence-corrected chi connectivity index (χ2v) is 4.79. The molecule has 1 heterocycles. The molecule has 0 unspecified atom stereocenters. The van der Waals surface area contributed by atoms with Crippen LogP contribution in [0.15, 0.2) is 28.9 Å². The predicted octanol–water partition coefficient (Wildman–Crippen LogP) is 3.53. The van der Waals surface area contributed by atoms with Gasteiger partial charge in [-0.3, -0.25) is 0 Å². The summed E-state index contributed by atoms with van der Waals surface area (Å²) in [4.78, 5) is 7.96. The number of nitrogens with two attached hydrogens (primary N) is 1. The molecule has 0 atom stereocenters. The number of nitrogens with one attached hydrogen (secondary N) is 1. The van der Waals surface area contributed by atoms with Gasteiger partial charge in [-0.05, 0) is 40.5 Å². The van der Waals surface area contributed by atoms with Crippen LogP contribution in [0.4, 0.5) is 17.5 Å². The van der Waals surface area contributed by atoms with Crippen LogP contribution in [0.5, 0.6) is 0 Å². The van der Waals surface area contributed by atoms with E-state index in [1.165, 1.54) is 0 Å². The Morgan fingerprint density at radius 2 is 2.18 bits per heavy atom. The normalized spacial score (nSPS) is 10.3. The first-order valence-corrected chi connectivity index (χ1v) is 6.04. The molecule has 0 fully saturated rings. The number of anilines is 3. The third-order valence-electron chi connectivity index (χ3n) is 2.14. The molecule has 4 nitrogen and oxygen atoms in total. The van der Waals surface area contributed by atoms with Gasteiger partial charge in [0, 0.05) is 6.20 Å². The van der Waals surface area contributed by atoms with Crippen molar-refractivity contribution in [3.63, 3.8) is 0 Å². The molecule has 0 aliphatic carbocycles. The number of nitrogens with zero attached hydrogens (tertiary/aromatic N) is 2. The summed E-state index contributed by atoms with van der Waals surface area (Å²) in [6.07, 6.45) is 1.59. The van der Waals surface area contributed by atoms with E-state index in [1.54, 1.807) is 6.20 Å². The van der Waals surface area contributed by atoms with Gasteiger partial charge in [0.1, 0.15) is 5.82 Å². The average molecular weight is 314 g/mol. The molecule has 0 radical (unpaired) electrons. The second-order valence-electron chi connectivity index (χ2n) is 3.53. The highest BCUT2D eigenvalue weighted by molar-refractivity contribution is 9.10. The summed E-state index contributed by atoms with van der Waals surface area (Å²) in [6.45, 7) is 1.99. The van der Waals surface area contributed by atoms with Gasteiger partial charge < -0.3 is 11.1 Å². The summed E-state index contributed by atoms with van der Waals surface area (Å²) >= 11 is 9.43. The molecular weight excluding hydrogens is 304 g/mol. The van der Waals surface area contributed by atoms with Crippen molar-refractivity contribution in [3.05, 3.63) is 39.5 Å². The first-order chi connectivity index (χ1) is 8.06. The summed E-state index contributed by atoms with van der Waals surface area (Å²) in [5.74, 6) is 0.796. The van der Waals surface area contributed by atoms with Crippen LogP contribution in [0.1, 0.15) is 5.56 Å². The highest BCUT2D eigenvalue weighted by Crippen LogP contribution is 2.29. The number of hydrogen-bond acceptors (Lipinski definition) is 4. The smallest absolute Gasteiger partial charge is 0.222 e. The maximum atomic E-state index is 6.09. The Kier molecular flexibility index (Phi) is 3.49. The van der Waals surface area contributed by atoms with Crippen LogP contribution < -0.4 is 11.1 Å². The lowest BCUT2D eigenvalue weighted by Gasteiger charge is -2.10. The molecule has 0 amide bonds. The average Bonchev–Trinajstić information content (AvgIpc) is 2.28. The van der Waals surface area contributed by atoms with E-state index >= 15 is 0 Å². The summed E-state index contributed by atoms with van der Waals surface area (Å²) < 4.78 is 0.726. The zero-order valence-corrected chi connectivity index (χ0v) is 11.4. The minimum atomic E-state index is 0.208. The third-order valence-corrected chi connectivity index (χ3v) is 3.05. The van der Waals surface area contributed by atoms with Gasteiger partial charge in [0.05, 0.1) is 15.2 Å². The first kappa shape index (κ1) is 12.1. The fourth-order valence-electron chi connectivity index (χ4n) is 1.33. The zero-order valence-electron chi connectivity index (χ0n) is 9.04. The fraction of sp³-hybridized carbons (Fsp3) is 0.0909. The van der Waals surface area contributed by atoms with Crippen molar-refractivity contribution in [1.29, 1.82) is 0 Å². The summed E-state index contributed by atoms with van der Waals surface area (Å²) in [5.41, 5.74) is 7.42. The van der Waals surface area contributed by atoms with E-state index < -0.39 is 0 Å². The van der Waals surface area contributed by atoms with Crippen LogP contribution in [-0.4, -0.2) is 9.97 Å². The standard InChI is InChI=1S/C11H10BrClN4/c1-6-2-3-8(13)9(4-6)16-10-7(12)5-15-11(14)17-10/h2-5H,1H3,(H3,14,15,16,17). The number of aryl methyl sites for hydroxylation is 1. The topological polar surface area (TPSA) is 63.8 Å². The lowest BCUT2D eigenvalue weighted by molar-refractivity contribution is 1.17. The Morgan fingerprint density at radius 1 is 1.41 bits per heavy atom. The van der Waals surface area contributed by atoms with Crippen LogP contribution in [0.2, 0.25) is 5.02 Å². The molecule has 0 aliphatic heterocycles. The number of hydrogen-bond donors (Lipinski definition) is 2. The molecule has 0 bridgehead atoms. The van der Waals surface area contributed by atoms with Crippen molar-refractivity contribution >= 4 is 45.0 Å². The minimum Gasteiger partial charge on any atom is -0.368 e. The van der Waals surface area contributed by atoms with E-state index in [0.29, 0.717) is 10.8 Å². The van der Waals surface area contributed by atoms with Gasteiger partial charge in [-0.1, -0.05) is 17.7 Å². The van der Waals surface area contributed by atoms with E-state index in [1.807, 2.05) is 25.1 Å². The Labute approximate surface area is 112 Å². The number of halogens is 2. The molecule has 1 aromatic heterocycles. The van der Waals surface area contributed by atoms with E-state index in [9.17, 15) is 0 Å². The molecule has 0 saturated heterocycles. The van der Waals surface area contributed by atoms with E-state index in [4.69, 9.17) is 17.3 Å². The minimum absolute atomic E-state index is 0.208. The highest BCUT2D eigenvalue weighted by Gasteiger charge is 2.06. The number of benzene rings is 1. The molecule has 0 aliphatic rings. The van der Waals surface area contributed by atoms with Crippen LogP contribution >= 0.6 is 27.5 Å². The molecule has 88 valence electrons. The van der Waals surface area contributed by atoms with Gasteiger partial charge in [-0.15, -0.1) is 0 Å². The molecule has 0 spiro atoms.